The lowest BCUT2D eigenvalue weighted by Crippen LogP contribution is -2.10. The van der Waals surface area contributed by atoms with Crippen LogP contribution in [-0.4, -0.2) is 30.6 Å². The monoisotopic (exact) mass is 237 g/mol. The predicted molar refractivity (Wildman–Crippen MR) is 61.7 cm³/mol. The topological polar surface area (TPSA) is 81.8 Å². The molecule has 1 aromatic carbocycles. The number of carbonyl (C=O) groups is 1. The molecule has 0 fully saturated rings. The number of fused-ring (bicyclic) bond motifs is 1. The molecule has 0 radical (unpaired) electrons. The van der Waals surface area contributed by atoms with Gasteiger partial charge in [-0.3, -0.25) is 4.79 Å². The number of hydrogen-bond acceptors (Lipinski definition) is 5. The van der Waals surface area contributed by atoms with Gasteiger partial charge in [0.1, 0.15) is 11.3 Å². The Morgan fingerprint density at radius 2 is 2.12 bits per heavy atom. The van der Waals surface area contributed by atoms with E-state index in [0.717, 1.165) is 6.42 Å². The summed E-state index contributed by atoms with van der Waals surface area (Å²) in [6.45, 7) is 1.25. The highest BCUT2D eigenvalue weighted by molar-refractivity contribution is 6.02. The Balaban J connectivity index is 2.45. The van der Waals surface area contributed by atoms with Gasteiger partial charge in [0, 0.05) is 12.8 Å². The number of rotatable bonds is 3. The first-order chi connectivity index (χ1) is 8.24. The van der Waals surface area contributed by atoms with E-state index in [0.29, 0.717) is 24.7 Å². The minimum atomic E-state index is -0.229. The minimum absolute atomic E-state index is 0.0901. The van der Waals surface area contributed by atoms with Crippen molar-refractivity contribution in [1.82, 2.24) is 0 Å². The molecule has 92 valence electrons. The maximum atomic E-state index is 11.9. The first-order valence-corrected chi connectivity index (χ1v) is 5.59. The van der Waals surface area contributed by atoms with Gasteiger partial charge < -0.3 is 20.3 Å². The summed E-state index contributed by atoms with van der Waals surface area (Å²) in [5.41, 5.74) is 5.53. The SMILES string of the molecule is NCCC(=O)c1c(O)ccc2c1OCCCO2. The van der Waals surface area contributed by atoms with Crippen LogP contribution in [0.15, 0.2) is 12.1 Å². The zero-order valence-electron chi connectivity index (χ0n) is 9.44. The maximum absolute atomic E-state index is 11.9. The largest absolute Gasteiger partial charge is 0.507 e. The van der Waals surface area contributed by atoms with Crippen molar-refractivity contribution in [2.75, 3.05) is 19.8 Å². The van der Waals surface area contributed by atoms with Gasteiger partial charge in [0.05, 0.1) is 13.2 Å². The highest BCUT2D eigenvalue weighted by Crippen LogP contribution is 2.39. The molecule has 5 heteroatoms. The van der Waals surface area contributed by atoms with Crippen LogP contribution in [-0.2, 0) is 0 Å². The fourth-order valence-electron chi connectivity index (χ4n) is 1.75. The lowest BCUT2D eigenvalue weighted by Gasteiger charge is -2.12. The molecule has 0 aromatic heterocycles. The average Bonchev–Trinajstić information content (AvgIpc) is 2.54. The standard InChI is InChI=1S/C12H15NO4/c13-5-4-9(15)11-8(14)2-3-10-12(11)17-7-1-6-16-10/h2-3,14H,1,4-7,13H2. The van der Waals surface area contributed by atoms with Crippen molar-refractivity contribution in [3.8, 4) is 17.2 Å². The third-order valence-corrected chi connectivity index (χ3v) is 2.54. The molecule has 1 aliphatic heterocycles. The van der Waals surface area contributed by atoms with Gasteiger partial charge in [0.2, 0.25) is 0 Å². The molecule has 5 nitrogen and oxygen atoms in total. The first kappa shape index (κ1) is 11.7. The number of carbonyl (C=O) groups excluding carboxylic acids is 1. The van der Waals surface area contributed by atoms with Gasteiger partial charge in [-0.15, -0.1) is 0 Å². The van der Waals surface area contributed by atoms with E-state index in [9.17, 15) is 9.90 Å². The highest BCUT2D eigenvalue weighted by atomic mass is 16.5. The molecular formula is C12H15NO4. The molecule has 0 amide bonds. The molecule has 0 saturated heterocycles. The van der Waals surface area contributed by atoms with Gasteiger partial charge >= 0.3 is 0 Å². The molecule has 0 bridgehead atoms. The Bertz CT molecular complexity index is 431. The third kappa shape index (κ3) is 2.34. The van der Waals surface area contributed by atoms with E-state index < -0.39 is 0 Å². The Morgan fingerprint density at radius 3 is 2.88 bits per heavy atom. The predicted octanol–water partition coefficient (Wildman–Crippen LogP) is 1.09. The molecule has 0 atom stereocenters. The van der Waals surface area contributed by atoms with Gasteiger partial charge in [-0.2, -0.15) is 0 Å². The number of phenols is 1. The van der Waals surface area contributed by atoms with Crippen molar-refractivity contribution in [2.45, 2.75) is 12.8 Å². The van der Waals surface area contributed by atoms with Gasteiger partial charge in [-0.05, 0) is 18.7 Å². The number of ether oxygens (including phenoxy) is 2. The summed E-state index contributed by atoms with van der Waals surface area (Å²) in [5.74, 6) is 0.515. The second kappa shape index (κ2) is 5.05. The lowest BCUT2D eigenvalue weighted by atomic mass is 10.1. The van der Waals surface area contributed by atoms with Gasteiger partial charge in [-0.25, -0.2) is 0 Å². The lowest BCUT2D eigenvalue weighted by molar-refractivity contribution is 0.0978. The minimum Gasteiger partial charge on any atom is -0.507 e. The average molecular weight is 237 g/mol. The van der Waals surface area contributed by atoms with Gasteiger partial charge in [-0.1, -0.05) is 0 Å². The molecular weight excluding hydrogens is 222 g/mol. The van der Waals surface area contributed by atoms with Crippen LogP contribution in [0.3, 0.4) is 0 Å². The molecule has 1 aromatic rings. The van der Waals surface area contributed by atoms with E-state index in [1.165, 1.54) is 6.07 Å². The van der Waals surface area contributed by atoms with Gasteiger partial charge in [0.25, 0.3) is 0 Å². The number of nitrogens with two attached hydrogens (primary N) is 1. The molecule has 0 unspecified atom stereocenters. The van der Waals surface area contributed by atoms with Crippen molar-refractivity contribution < 1.29 is 19.4 Å². The van der Waals surface area contributed by atoms with Crippen LogP contribution in [0.4, 0.5) is 0 Å². The summed E-state index contributed by atoms with van der Waals surface area (Å²) in [6, 6.07) is 3.05. The Morgan fingerprint density at radius 1 is 1.35 bits per heavy atom. The maximum Gasteiger partial charge on any atom is 0.175 e. The normalized spacial score (nSPS) is 14.2. The van der Waals surface area contributed by atoms with E-state index in [1.54, 1.807) is 6.07 Å². The summed E-state index contributed by atoms with van der Waals surface area (Å²) in [5, 5.41) is 9.76. The molecule has 3 N–H and O–H groups in total. The summed E-state index contributed by atoms with van der Waals surface area (Å²) < 4.78 is 10.9. The molecule has 2 rings (SSSR count). The first-order valence-electron chi connectivity index (χ1n) is 5.59. The van der Waals surface area contributed by atoms with Gasteiger partial charge in [0.15, 0.2) is 17.3 Å². The zero-order chi connectivity index (χ0) is 12.3. The summed E-state index contributed by atoms with van der Waals surface area (Å²) in [7, 11) is 0. The van der Waals surface area contributed by atoms with E-state index in [-0.39, 0.29) is 30.1 Å². The molecule has 0 aliphatic carbocycles. The number of ketones is 1. The molecule has 0 saturated carbocycles. The number of phenolic OH excluding ortho intramolecular Hbond substituents is 1. The number of benzene rings is 1. The van der Waals surface area contributed by atoms with E-state index >= 15 is 0 Å². The van der Waals surface area contributed by atoms with Crippen molar-refractivity contribution in [1.29, 1.82) is 0 Å². The van der Waals surface area contributed by atoms with Crippen LogP contribution in [0.25, 0.3) is 0 Å². The Labute approximate surface area is 99.1 Å². The number of Topliss-reactive ketones (excluding diaryl/α,β-unsaturated/α-hetero) is 1. The number of hydrogen-bond donors (Lipinski definition) is 2. The fourth-order valence-corrected chi connectivity index (χ4v) is 1.75. The van der Waals surface area contributed by atoms with Crippen LogP contribution in [0.5, 0.6) is 17.2 Å². The highest BCUT2D eigenvalue weighted by Gasteiger charge is 2.22. The fraction of sp³-hybridized carbons (Fsp3) is 0.417. The summed E-state index contributed by atoms with van der Waals surface area (Å²) in [6.07, 6.45) is 0.924. The summed E-state index contributed by atoms with van der Waals surface area (Å²) in [4.78, 5) is 11.9. The second-order valence-electron chi connectivity index (χ2n) is 3.80. The van der Waals surface area contributed by atoms with Crippen LogP contribution < -0.4 is 15.2 Å². The molecule has 1 heterocycles. The van der Waals surface area contributed by atoms with Crippen LogP contribution in [0, 0.1) is 0 Å². The summed E-state index contributed by atoms with van der Waals surface area (Å²) >= 11 is 0. The smallest absolute Gasteiger partial charge is 0.175 e. The third-order valence-electron chi connectivity index (χ3n) is 2.54. The van der Waals surface area contributed by atoms with Crippen molar-refractivity contribution in [3.05, 3.63) is 17.7 Å². The van der Waals surface area contributed by atoms with Crippen LogP contribution in [0.2, 0.25) is 0 Å². The van der Waals surface area contributed by atoms with E-state index in [2.05, 4.69) is 0 Å². The Kier molecular flexibility index (Phi) is 3.49. The van der Waals surface area contributed by atoms with Crippen LogP contribution in [0.1, 0.15) is 23.2 Å². The van der Waals surface area contributed by atoms with E-state index in [4.69, 9.17) is 15.2 Å². The Hall–Kier alpha value is -1.75. The van der Waals surface area contributed by atoms with Crippen molar-refractivity contribution >= 4 is 5.78 Å². The van der Waals surface area contributed by atoms with Crippen molar-refractivity contribution in [3.63, 3.8) is 0 Å². The second-order valence-corrected chi connectivity index (χ2v) is 3.80. The molecule has 1 aliphatic rings. The molecule has 0 spiro atoms. The quantitative estimate of drug-likeness (QED) is 0.769. The van der Waals surface area contributed by atoms with Crippen molar-refractivity contribution in [2.24, 2.45) is 5.73 Å². The van der Waals surface area contributed by atoms with Crippen LogP contribution >= 0.6 is 0 Å². The molecule has 17 heavy (non-hydrogen) atoms. The van der Waals surface area contributed by atoms with E-state index in [1.807, 2.05) is 0 Å². The number of aromatic hydroxyl groups is 1. The zero-order valence-corrected chi connectivity index (χ0v) is 9.44.